The molecule has 0 aromatic carbocycles. The van der Waals surface area contributed by atoms with E-state index in [4.69, 9.17) is 0 Å². The number of nitrogens with zero attached hydrogens (tertiary/aromatic N) is 2. The first kappa shape index (κ1) is 14.5. The molecule has 1 rings (SSSR count). The highest BCUT2D eigenvalue weighted by molar-refractivity contribution is 9.08. The Morgan fingerprint density at radius 1 is 1.56 bits per heavy atom. The van der Waals surface area contributed by atoms with Crippen LogP contribution in [0.2, 0.25) is 0 Å². The summed E-state index contributed by atoms with van der Waals surface area (Å²) in [7, 11) is 1.10. The first-order valence-corrected chi connectivity index (χ1v) is 5.44. The molecule has 1 aromatic rings. The number of hydrogen-bond donors (Lipinski definition) is 0. The summed E-state index contributed by atoms with van der Waals surface area (Å²) in [5.74, 6) is -1.84. The van der Waals surface area contributed by atoms with Crippen LogP contribution < -0.4 is 9.47 Å². The molecular weight excluding hydrogens is 325 g/mol. The zero-order valence-electron chi connectivity index (χ0n) is 8.82. The third-order valence-electron chi connectivity index (χ3n) is 1.82. The van der Waals surface area contributed by atoms with E-state index in [-0.39, 0.29) is 16.6 Å². The third-order valence-corrected chi connectivity index (χ3v) is 2.38. The monoisotopic (exact) mass is 330 g/mol. The van der Waals surface area contributed by atoms with Crippen LogP contribution in [0.3, 0.4) is 0 Å². The van der Waals surface area contributed by atoms with Crippen LogP contribution in [0, 0.1) is 10.1 Å². The molecule has 0 aliphatic heterocycles. The van der Waals surface area contributed by atoms with Crippen molar-refractivity contribution in [3.63, 3.8) is 0 Å². The van der Waals surface area contributed by atoms with Crippen LogP contribution in [-0.4, -0.2) is 23.4 Å². The number of ether oxygens (including phenoxy) is 2. The van der Waals surface area contributed by atoms with E-state index in [2.05, 4.69) is 30.4 Å². The topological polar surface area (TPSA) is 74.5 Å². The van der Waals surface area contributed by atoms with Gasteiger partial charge in [0.05, 0.1) is 7.11 Å². The molecule has 0 N–H and O–H groups in total. The standard InChI is InChI=1S/C8H6BrF3N2O4/c1-17-5-3-13-7(14(15)16)4(2-9)6(5)18-8(10,11)12/h3H,2H2,1H3. The second-order valence-corrected chi connectivity index (χ2v) is 3.46. The molecule has 0 saturated carbocycles. The fraction of sp³-hybridized carbons (Fsp3) is 0.375. The van der Waals surface area contributed by atoms with Crippen molar-refractivity contribution in [3.8, 4) is 11.5 Å². The van der Waals surface area contributed by atoms with Crippen molar-refractivity contribution < 1.29 is 27.6 Å². The average molecular weight is 331 g/mol. The van der Waals surface area contributed by atoms with Gasteiger partial charge in [0.2, 0.25) is 5.75 Å². The minimum Gasteiger partial charge on any atom is -0.490 e. The van der Waals surface area contributed by atoms with Gasteiger partial charge in [0.25, 0.3) is 0 Å². The van der Waals surface area contributed by atoms with E-state index in [1.165, 1.54) is 0 Å². The average Bonchev–Trinajstić information content (AvgIpc) is 2.26. The quantitative estimate of drug-likeness (QED) is 0.482. The molecule has 0 aliphatic carbocycles. The summed E-state index contributed by atoms with van der Waals surface area (Å²) in [6.45, 7) is 0. The number of methoxy groups -OCH3 is 1. The van der Waals surface area contributed by atoms with Gasteiger partial charge in [-0.3, -0.25) is 0 Å². The van der Waals surface area contributed by atoms with Gasteiger partial charge in [0.1, 0.15) is 5.56 Å². The summed E-state index contributed by atoms with van der Waals surface area (Å²) in [5, 5.41) is 10.4. The molecule has 0 saturated heterocycles. The Hall–Kier alpha value is -1.58. The minimum absolute atomic E-state index is 0.237. The Balaban J connectivity index is 3.41. The second kappa shape index (κ2) is 5.38. The van der Waals surface area contributed by atoms with Crippen molar-refractivity contribution >= 4 is 21.7 Å². The van der Waals surface area contributed by atoms with Gasteiger partial charge in [-0.05, 0) is 9.91 Å². The van der Waals surface area contributed by atoms with Gasteiger partial charge in [-0.1, -0.05) is 15.9 Å². The highest BCUT2D eigenvalue weighted by Crippen LogP contribution is 2.39. The van der Waals surface area contributed by atoms with Crippen LogP contribution >= 0.6 is 15.9 Å². The van der Waals surface area contributed by atoms with Crippen LogP contribution in [0.1, 0.15) is 5.56 Å². The van der Waals surface area contributed by atoms with Crippen molar-refractivity contribution in [2.75, 3.05) is 7.11 Å². The first-order valence-electron chi connectivity index (χ1n) is 4.32. The molecule has 0 amide bonds. The highest BCUT2D eigenvalue weighted by Gasteiger charge is 2.36. The summed E-state index contributed by atoms with van der Waals surface area (Å²) >= 11 is 2.85. The Morgan fingerprint density at radius 3 is 2.56 bits per heavy atom. The molecule has 0 spiro atoms. The second-order valence-electron chi connectivity index (χ2n) is 2.90. The molecule has 0 radical (unpaired) electrons. The van der Waals surface area contributed by atoms with Crippen molar-refractivity contribution in [3.05, 3.63) is 21.9 Å². The molecule has 0 atom stereocenters. The Kier molecular flexibility index (Phi) is 4.33. The van der Waals surface area contributed by atoms with Gasteiger partial charge >= 0.3 is 12.2 Å². The van der Waals surface area contributed by atoms with Crippen molar-refractivity contribution in [1.82, 2.24) is 4.98 Å². The van der Waals surface area contributed by atoms with E-state index < -0.39 is 22.9 Å². The van der Waals surface area contributed by atoms with E-state index in [1.807, 2.05) is 0 Å². The lowest BCUT2D eigenvalue weighted by molar-refractivity contribution is -0.390. The van der Waals surface area contributed by atoms with Crippen molar-refractivity contribution in [2.45, 2.75) is 11.7 Å². The number of hydrogen-bond acceptors (Lipinski definition) is 5. The summed E-state index contributed by atoms with van der Waals surface area (Å²) in [4.78, 5) is 13.1. The van der Waals surface area contributed by atoms with Crippen molar-refractivity contribution in [2.24, 2.45) is 0 Å². The molecule has 0 aliphatic rings. The number of rotatable bonds is 4. The smallest absolute Gasteiger partial charge is 0.490 e. The zero-order valence-corrected chi connectivity index (χ0v) is 10.4. The molecule has 10 heteroatoms. The molecule has 1 heterocycles. The maximum Gasteiger partial charge on any atom is 0.573 e. The summed E-state index contributed by atoms with van der Waals surface area (Å²) in [5.41, 5.74) is -0.350. The van der Waals surface area contributed by atoms with E-state index in [9.17, 15) is 23.3 Å². The van der Waals surface area contributed by atoms with Gasteiger partial charge in [-0.15, -0.1) is 13.2 Å². The lowest BCUT2D eigenvalue weighted by Crippen LogP contribution is -2.19. The Morgan fingerprint density at radius 2 is 2.17 bits per heavy atom. The number of nitro groups is 1. The highest BCUT2D eigenvalue weighted by atomic mass is 79.9. The third kappa shape index (κ3) is 3.22. The molecule has 0 bridgehead atoms. The summed E-state index contributed by atoms with van der Waals surface area (Å²) in [6.07, 6.45) is -4.19. The molecule has 100 valence electrons. The maximum atomic E-state index is 12.2. The minimum atomic E-state index is -4.99. The van der Waals surface area contributed by atoms with E-state index in [1.54, 1.807) is 0 Å². The number of alkyl halides is 4. The van der Waals surface area contributed by atoms with Crippen LogP contribution in [0.15, 0.2) is 6.20 Å². The van der Waals surface area contributed by atoms with Gasteiger partial charge in [-0.2, -0.15) is 0 Å². The Labute approximate surface area is 107 Å². The fourth-order valence-corrected chi connectivity index (χ4v) is 1.66. The van der Waals surface area contributed by atoms with Gasteiger partial charge < -0.3 is 19.6 Å². The number of pyridine rings is 1. The van der Waals surface area contributed by atoms with E-state index >= 15 is 0 Å². The van der Waals surface area contributed by atoms with E-state index in [0.717, 1.165) is 13.3 Å². The lowest BCUT2D eigenvalue weighted by atomic mass is 10.2. The largest absolute Gasteiger partial charge is 0.573 e. The van der Waals surface area contributed by atoms with Crippen molar-refractivity contribution in [1.29, 1.82) is 0 Å². The SMILES string of the molecule is COc1cnc([N+](=O)[O-])c(CBr)c1OC(F)(F)F. The van der Waals surface area contributed by atoms with Crippen LogP contribution in [0.4, 0.5) is 19.0 Å². The maximum absolute atomic E-state index is 12.2. The molecule has 18 heavy (non-hydrogen) atoms. The summed E-state index contributed by atoms with van der Waals surface area (Å²) < 4.78 is 45.0. The first-order chi connectivity index (χ1) is 8.30. The fourth-order valence-electron chi connectivity index (χ4n) is 1.16. The number of halogens is 4. The van der Waals surface area contributed by atoms with Crippen LogP contribution in [0.5, 0.6) is 11.5 Å². The lowest BCUT2D eigenvalue weighted by Gasteiger charge is -2.14. The molecule has 1 aromatic heterocycles. The predicted octanol–water partition coefficient (Wildman–Crippen LogP) is 2.79. The van der Waals surface area contributed by atoms with Crippen LogP contribution in [0.25, 0.3) is 0 Å². The van der Waals surface area contributed by atoms with Gasteiger partial charge in [-0.25, -0.2) is 0 Å². The van der Waals surface area contributed by atoms with Gasteiger partial charge in [0, 0.05) is 5.33 Å². The van der Waals surface area contributed by atoms with E-state index in [0.29, 0.717) is 0 Å². The zero-order chi connectivity index (χ0) is 13.9. The predicted molar refractivity (Wildman–Crippen MR) is 56.8 cm³/mol. The number of aromatic nitrogens is 1. The molecule has 0 fully saturated rings. The van der Waals surface area contributed by atoms with Crippen LogP contribution in [-0.2, 0) is 5.33 Å². The Bertz CT molecular complexity index is 466. The normalized spacial score (nSPS) is 11.2. The summed E-state index contributed by atoms with van der Waals surface area (Å²) in [6, 6.07) is 0. The van der Waals surface area contributed by atoms with Gasteiger partial charge in [0.15, 0.2) is 11.9 Å². The molecule has 0 unspecified atom stereocenters. The molecular formula is C8H6BrF3N2O4. The molecule has 6 nitrogen and oxygen atoms in total.